The van der Waals surface area contributed by atoms with Gasteiger partial charge in [0, 0.05) is 0 Å². The smallest absolute Gasteiger partial charge is 0.0900 e. The van der Waals surface area contributed by atoms with Gasteiger partial charge in [0.25, 0.3) is 0 Å². The molecule has 0 heterocycles. The summed E-state index contributed by atoms with van der Waals surface area (Å²) >= 11 is 0. The lowest BCUT2D eigenvalue weighted by molar-refractivity contribution is 0.132. The van der Waals surface area contributed by atoms with E-state index in [1.807, 2.05) is 0 Å². The van der Waals surface area contributed by atoms with Gasteiger partial charge in [-0.15, -0.1) is 0 Å². The quantitative estimate of drug-likeness (QED) is 0.510. The zero-order chi connectivity index (χ0) is 17.8. The fourth-order valence-electron chi connectivity index (χ4n) is 4.51. The Hall–Kier alpha value is -0.620. The molecule has 0 spiro atoms. The van der Waals surface area contributed by atoms with E-state index in [0.717, 1.165) is 17.8 Å². The van der Waals surface area contributed by atoms with Crippen molar-refractivity contribution in [1.29, 1.82) is 0 Å². The molecule has 0 aliphatic heterocycles. The fraction of sp³-hybridized carbons (Fsp3) is 0.955. The maximum Gasteiger partial charge on any atom is 0.0900 e. The third kappa shape index (κ3) is 6.71. The topological polar surface area (TPSA) is 24.7 Å². The molecule has 2 rings (SSSR count). The maximum atomic E-state index is 4.57. The summed E-state index contributed by atoms with van der Waals surface area (Å²) in [5.74, 6) is 2.89. The van der Waals surface area contributed by atoms with Gasteiger partial charge in [-0.1, -0.05) is 33.6 Å². The van der Waals surface area contributed by atoms with E-state index in [2.05, 4.69) is 57.5 Å². The predicted molar refractivity (Wildman–Crippen MR) is 105 cm³/mol. The van der Waals surface area contributed by atoms with E-state index in [1.165, 1.54) is 57.8 Å². The molecule has 2 aliphatic rings. The first-order valence-electron chi connectivity index (χ1n) is 10.3. The maximum absolute atomic E-state index is 4.57. The molecule has 138 valence electrons. The molecular formula is C22H40N2. The number of aliphatic imine (C=N–C) groups is 2. The molecule has 2 fully saturated rings. The first kappa shape index (κ1) is 19.7. The van der Waals surface area contributed by atoms with Gasteiger partial charge in [0.05, 0.1) is 17.6 Å². The molecule has 0 amide bonds. The molecular weight excluding hydrogens is 292 g/mol. The Morgan fingerprint density at radius 1 is 0.750 bits per heavy atom. The number of hydrogen-bond donors (Lipinski definition) is 0. The molecule has 0 radical (unpaired) electrons. The van der Waals surface area contributed by atoms with Gasteiger partial charge in [0.1, 0.15) is 0 Å². The van der Waals surface area contributed by atoms with E-state index in [-0.39, 0.29) is 5.54 Å². The largest absolute Gasteiger partial charge is 0.222 e. The highest BCUT2D eigenvalue weighted by atomic mass is 14.9. The highest BCUT2D eigenvalue weighted by Crippen LogP contribution is 2.43. The van der Waals surface area contributed by atoms with Gasteiger partial charge in [-0.3, -0.25) is 0 Å². The molecule has 2 nitrogen and oxygen atoms in total. The molecule has 0 saturated heterocycles. The lowest BCUT2D eigenvalue weighted by Crippen LogP contribution is -2.27. The van der Waals surface area contributed by atoms with Crippen LogP contribution in [0.5, 0.6) is 0 Å². The Balaban J connectivity index is 1.70. The van der Waals surface area contributed by atoms with Crippen molar-refractivity contribution < 1.29 is 0 Å². The van der Waals surface area contributed by atoms with Crippen molar-refractivity contribution in [3.63, 3.8) is 0 Å². The third-order valence-corrected chi connectivity index (χ3v) is 6.18. The summed E-state index contributed by atoms with van der Waals surface area (Å²) in [4.78, 5) is 8.94. The molecule has 0 atom stereocenters. The Labute approximate surface area is 150 Å². The lowest BCUT2D eigenvalue weighted by Gasteiger charge is -2.38. The Morgan fingerprint density at radius 3 is 1.71 bits per heavy atom. The van der Waals surface area contributed by atoms with Gasteiger partial charge < -0.3 is 0 Å². The second kappa shape index (κ2) is 8.17. The Morgan fingerprint density at radius 2 is 1.25 bits per heavy atom. The molecule has 24 heavy (non-hydrogen) atoms. The predicted octanol–water partition coefficient (Wildman–Crippen LogP) is 6.76. The van der Waals surface area contributed by atoms with E-state index < -0.39 is 0 Å². The zero-order valence-electron chi connectivity index (χ0n) is 17.1. The lowest BCUT2D eigenvalue weighted by atomic mass is 9.68. The molecule has 0 bridgehead atoms. The minimum atomic E-state index is -0.0490. The molecule has 0 aromatic carbocycles. The summed E-state index contributed by atoms with van der Waals surface area (Å²) in [6.45, 7) is 13.6. The molecule has 2 saturated carbocycles. The first-order chi connectivity index (χ1) is 11.1. The minimum absolute atomic E-state index is 0.0490. The van der Waals surface area contributed by atoms with E-state index in [1.54, 1.807) is 0 Å². The summed E-state index contributed by atoms with van der Waals surface area (Å²) in [6.07, 6.45) is 12.5. The zero-order valence-corrected chi connectivity index (χ0v) is 17.1. The van der Waals surface area contributed by atoms with Crippen LogP contribution in [0.25, 0.3) is 0 Å². The third-order valence-electron chi connectivity index (χ3n) is 6.18. The van der Waals surface area contributed by atoms with Gasteiger partial charge in [0.15, 0.2) is 0 Å². The number of nitrogens with zero attached hydrogens (tertiary/aromatic N) is 2. The molecule has 2 heteroatoms. The van der Waals surface area contributed by atoms with E-state index in [4.69, 9.17) is 0 Å². The Kier molecular flexibility index (Phi) is 6.71. The molecule has 2 aliphatic carbocycles. The standard InChI is InChI=1S/C22H40N2/c1-21(2,3)19-11-7-17(8-12-19)15-18-9-13-20(14-10-18)23-16-24-22(4,5)6/h17-20H,7-15H2,1-6H3. The van der Waals surface area contributed by atoms with Crippen molar-refractivity contribution in [3.05, 3.63) is 0 Å². The summed E-state index contributed by atoms with van der Waals surface area (Å²) < 4.78 is 0. The van der Waals surface area contributed by atoms with Crippen molar-refractivity contribution in [2.45, 2.75) is 111 Å². The monoisotopic (exact) mass is 332 g/mol. The summed E-state index contributed by atoms with van der Waals surface area (Å²) in [6, 6.07) is 3.44. The number of rotatable bonds is 3. The van der Waals surface area contributed by atoms with Crippen LogP contribution in [-0.2, 0) is 0 Å². The van der Waals surface area contributed by atoms with Crippen LogP contribution in [-0.4, -0.2) is 17.6 Å². The van der Waals surface area contributed by atoms with E-state index >= 15 is 0 Å². The minimum Gasteiger partial charge on any atom is -0.222 e. The van der Waals surface area contributed by atoms with Gasteiger partial charge in [-0.25, -0.2) is 9.98 Å². The highest BCUT2D eigenvalue weighted by Gasteiger charge is 2.31. The van der Waals surface area contributed by atoms with Crippen LogP contribution in [0.3, 0.4) is 0 Å². The molecule has 0 aromatic rings. The van der Waals surface area contributed by atoms with Crippen LogP contribution < -0.4 is 0 Å². The second-order valence-corrected chi connectivity index (χ2v) is 10.5. The van der Waals surface area contributed by atoms with Crippen molar-refractivity contribution in [2.24, 2.45) is 33.2 Å². The SMILES string of the molecule is CC(C)(C)N=C=NC1CCC(CC2CCC(C(C)(C)C)CC2)CC1. The molecule has 0 aromatic heterocycles. The summed E-state index contributed by atoms with van der Waals surface area (Å²) in [5.41, 5.74) is 0.461. The molecule has 0 unspecified atom stereocenters. The molecule has 0 N–H and O–H groups in total. The van der Waals surface area contributed by atoms with Crippen molar-refractivity contribution in [2.75, 3.05) is 0 Å². The summed E-state index contributed by atoms with van der Waals surface area (Å²) in [5, 5.41) is 0. The average Bonchev–Trinajstić information content (AvgIpc) is 2.47. The van der Waals surface area contributed by atoms with Gasteiger partial charge in [-0.2, -0.15) is 0 Å². The van der Waals surface area contributed by atoms with Crippen LogP contribution in [0.15, 0.2) is 9.98 Å². The summed E-state index contributed by atoms with van der Waals surface area (Å²) in [7, 11) is 0. The van der Waals surface area contributed by atoms with E-state index in [9.17, 15) is 0 Å². The van der Waals surface area contributed by atoms with Crippen LogP contribution >= 0.6 is 0 Å². The van der Waals surface area contributed by atoms with Gasteiger partial charge in [0.2, 0.25) is 0 Å². The Bertz CT molecular complexity index is 430. The van der Waals surface area contributed by atoms with Crippen LogP contribution in [0.4, 0.5) is 0 Å². The van der Waals surface area contributed by atoms with Gasteiger partial charge >= 0.3 is 0 Å². The van der Waals surface area contributed by atoms with Crippen LogP contribution in [0.2, 0.25) is 0 Å². The van der Waals surface area contributed by atoms with Crippen molar-refractivity contribution in [3.8, 4) is 0 Å². The first-order valence-corrected chi connectivity index (χ1v) is 10.3. The van der Waals surface area contributed by atoms with E-state index in [0.29, 0.717) is 11.5 Å². The second-order valence-electron chi connectivity index (χ2n) is 10.5. The van der Waals surface area contributed by atoms with Crippen molar-refractivity contribution >= 4 is 6.01 Å². The fourth-order valence-corrected chi connectivity index (χ4v) is 4.51. The van der Waals surface area contributed by atoms with Crippen molar-refractivity contribution in [1.82, 2.24) is 0 Å². The number of hydrogen-bond acceptors (Lipinski definition) is 2. The van der Waals surface area contributed by atoms with Crippen LogP contribution in [0, 0.1) is 23.2 Å². The van der Waals surface area contributed by atoms with Gasteiger partial charge in [-0.05, 0) is 88.9 Å². The average molecular weight is 333 g/mol. The normalized spacial score (nSPS) is 32.1. The van der Waals surface area contributed by atoms with Crippen LogP contribution in [0.1, 0.15) is 99.3 Å². The highest BCUT2D eigenvalue weighted by molar-refractivity contribution is 5.42.